The van der Waals surface area contributed by atoms with Crippen LogP contribution in [0.5, 0.6) is 5.75 Å². The van der Waals surface area contributed by atoms with E-state index in [0.29, 0.717) is 0 Å². The molecule has 5 N–H and O–H groups in total. The molecule has 0 aromatic heterocycles. The normalized spacial score (nSPS) is 12.7. The van der Waals surface area contributed by atoms with Crippen molar-refractivity contribution >= 4 is 17.1 Å². The smallest absolute Gasteiger partial charge is 0.119 e. The minimum absolute atomic E-state index is 0.0428. The van der Waals surface area contributed by atoms with E-state index in [1.807, 2.05) is 25.2 Å². The molecule has 0 radical (unpaired) electrons. The Morgan fingerprint density at radius 1 is 1.27 bits per heavy atom. The maximum absolute atomic E-state index is 6.00. The first kappa shape index (κ1) is 16.1. The molecule has 2 aromatic rings. The predicted molar refractivity (Wildman–Crippen MR) is 90.5 cm³/mol. The Bertz CT molecular complexity index is 643. The second kappa shape index (κ2) is 7.63. The number of methoxy groups -OCH3 is 1. The second-order valence-electron chi connectivity index (χ2n) is 5.03. The number of nitrogens with one attached hydrogen (secondary N) is 1. The number of hydrogen-bond acceptors (Lipinski definition) is 5. The van der Waals surface area contributed by atoms with Crippen LogP contribution < -0.4 is 21.6 Å². The Hall–Kier alpha value is -2.31. The Morgan fingerprint density at radius 2 is 2.00 bits per heavy atom. The molecule has 0 fully saturated rings. The van der Waals surface area contributed by atoms with Crippen LogP contribution in [0.1, 0.15) is 18.0 Å². The molecule has 0 aliphatic carbocycles. The van der Waals surface area contributed by atoms with Gasteiger partial charge in [-0.3, -0.25) is 0 Å². The maximum atomic E-state index is 6.00. The van der Waals surface area contributed by atoms with E-state index in [1.54, 1.807) is 7.11 Å². The summed E-state index contributed by atoms with van der Waals surface area (Å²) in [4.78, 5) is 0. The highest BCUT2D eigenvalue weighted by Crippen LogP contribution is 2.27. The van der Waals surface area contributed by atoms with Gasteiger partial charge in [0.05, 0.1) is 13.2 Å². The van der Waals surface area contributed by atoms with Gasteiger partial charge < -0.3 is 15.8 Å². The number of nitrogens with zero attached hydrogens (tertiary/aromatic N) is 2. The van der Waals surface area contributed by atoms with Gasteiger partial charge in [0.25, 0.3) is 0 Å². The van der Waals surface area contributed by atoms with Crippen LogP contribution in [0.2, 0.25) is 0 Å². The standard InChI is InChI=1S/C16H23N5O/c1-19-8-7-16(21(18)20-11-17)14-4-3-13-10-15(22-2)6-5-12(13)9-14/h3-6,9-11,16,19H,7-8,18H2,1-2H3,(H2,17,20). The lowest BCUT2D eigenvalue weighted by molar-refractivity contribution is 0.201. The van der Waals surface area contributed by atoms with Crippen LogP contribution in [0.15, 0.2) is 41.5 Å². The van der Waals surface area contributed by atoms with E-state index in [4.69, 9.17) is 16.3 Å². The lowest BCUT2D eigenvalue weighted by Crippen LogP contribution is -2.32. The molecule has 118 valence electrons. The van der Waals surface area contributed by atoms with Gasteiger partial charge in [0.15, 0.2) is 0 Å². The van der Waals surface area contributed by atoms with Gasteiger partial charge in [0.2, 0.25) is 0 Å². The highest BCUT2D eigenvalue weighted by molar-refractivity contribution is 5.84. The zero-order chi connectivity index (χ0) is 15.9. The summed E-state index contributed by atoms with van der Waals surface area (Å²) in [5.41, 5.74) is 6.45. The molecule has 0 amide bonds. The average molecular weight is 301 g/mol. The number of rotatable bonds is 7. The van der Waals surface area contributed by atoms with Gasteiger partial charge in [0, 0.05) is 0 Å². The predicted octanol–water partition coefficient (Wildman–Crippen LogP) is 1.58. The molecule has 0 aliphatic heterocycles. The van der Waals surface area contributed by atoms with Gasteiger partial charge in [-0.05, 0) is 54.5 Å². The van der Waals surface area contributed by atoms with Crippen molar-refractivity contribution in [3.8, 4) is 5.75 Å². The highest BCUT2D eigenvalue weighted by atomic mass is 16.5. The molecule has 1 unspecified atom stereocenters. The third-order valence-corrected chi connectivity index (χ3v) is 3.64. The van der Waals surface area contributed by atoms with Crippen molar-refractivity contribution in [2.75, 3.05) is 20.7 Å². The summed E-state index contributed by atoms with van der Waals surface area (Å²) in [5, 5.41) is 10.8. The van der Waals surface area contributed by atoms with E-state index in [0.717, 1.165) is 35.1 Å². The summed E-state index contributed by atoms with van der Waals surface area (Å²) in [6.07, 6.45) is 2.03. The van der Waals surface area contributed by atoms with Crippen LogP contribution in [-0.2, 0) is 0 Å². The van der Waals surface area contributed by atoms with Crippen molar-refractivity contribution in [2.45, 2.75) is 12.5 Å². The fourth-order valence-electron chi connectivity index (χ4n) is 2.47. The van der Waals surface area contributed by atoms with E-state index in [9.17, 15) is 0 Å². The molecule has 2 aromatic carbocycles. The summed E-state index contributed by atoms with van der Waals surface area (Å²) in [5.74, 6) is 6.85. The average Bonchev–Trinajstić information content (AvgIpc) is 2.55. The van der Waals surface area contributed by atoms with Gasteiger partial charge in [-0.25, -0.2) is 11.0 Å². The van der Waals surface area contributed by atoms with E-state index >= 15 is 0 Å². The lowest BCUT2D eigenvalue weighted by Gasteiger charge is -2.25. The van der Waals surface area contributed by atoms with E-state index in [2.05, 4.69) is 28.6 Å². The first-order chi connectivity index (χ1) is 10.7. The van der Waals surface area contributed by atoms with Crippen LogP contribution in [-0.4, -0.2) is 32.2 Å². The Balaban J connectivity index is 2.35. The summed E-state index contributed by atoms with van der Waals surface area (Å²) >= 11 is 0. The van der Waals surface area contributed by atoms with Crippen LogP contribution in [0.4, 0.5) is 0 Å². The molecule has 1 atom stereocenters. The van der Waals surface area contributed by atoms with Crippen molar-refractivity contribution < 1.29 is 4.74 Å². The zero-order valence-electron chi connectivity index (χ0n) is 13.0. The first-order valence-electron chi connectivity index (χ1n) is 7.20. The van der Waals surface area contributed by atoms with Gasteiger partial charge >= 0.3 is 0 Å². The van der Waals surface area contributed by atoms with Gasteiger partial charge in [0.1, 0.15) is 12.1 Å². The number of hydrazone groups is 1. The topological polar surface area (TPSA) is 88.9 Å². The molecule has 2 rings (SSSR count). The van der Waals surface area contributed by atoms with Crippen molar-refractivity contribution in [3.05, 3.63) is 42.0 Å². The Morgan fingerprint density at radius 3 is 2.68 bits per heavy atom. The minimum Gasteiger partial charge on any atom is -0.497 e. The number of nitrogens with two attached hydrogens (primary N) is 2. The molecule has 22 heavy (non-hydrogen) atoms. The molecule has 0 saturated heterocycles. The van der Waals surface area contributed by atoms with Crippen LogP contribution in [0.25, 0.3) is 10.8 Å². The van der Waals surface area contributed by atoms with Gasteiger partial charge in [-0.15, -0.1) is 0 Å². The van der Waals surface area contributed by atoms with E-state index in [-0.39, 0.29) is 6.04 Å². The van der Waals surface area contributed by atoms with Crippen molar-refractivity contribution in [3.63, 3.8) is 0 Å². The fourth-order valence-corrected chi connectivity index (χ4v) is 2.47. The highest BCUT2D eigenvalue weighted by Gasteiger charge is 2.16. The second-order valence-corrected chi connectivity index (χ2v) is 5.03. The number of hydrogen-bond donors (Lipinski definition) is 3. The summed E-state index contributed by atoms with van der Waals surface area (Å²) in [7, 11) is 3.58. The van der Waals surface area contributed by atoms with Gasteiger partial charge in [-0.1, -0.05) is 18.2 Å². The van der Waals surface area contributed by atoms with Gasteiger partial charge in [-0.2, -0.15) is 5.10 Å². The van der Waals surface area contributed by atoms with Crippen LogP contribution >= 0.6 is 0 Å². The first-order valence-corrected chi connectivity index (χ1v) is 7.20. The number of hydrazine groups is 1. The third-order valence-electron chi connectivity index (χ3n) is 3.64. The van der Waals surface area contributed by atoms with Crippen molar-refractivity contribution in [1.29, 1.82) is 0 Å². The van der Waals surface area contributed by atoms with E-state index in [1.165, 1.54) is 11.5 Å². The summed E-state index contributed by atoms with van der Waals surface area (Å²) in [6.45, 7) is 0.832. The molecular weight excluding hydrogens is 278 g/mol. The van der Waals surface area contributed by atoms with Crippen LogP contribution in [0, 0.1) is 0 Å². The third kappa shape index (κ3) is 3.66. The van der Waals surface area contributed by atoms with Crippen molar-refractivity contribution in [1.82, 2.24) is 10.4 Å². The number of ether oxygens (including phenoxy) is 1. The largest absolute Gasteiger partial charge is 0.497 e. The molecule has 0 spiro atoms. The molecule has 6 nitrogen and oxygen atoms in total. The number of benzene rings is 2. The lowest BCUT2D eigenvalue weighted by atomic mass is 9.99. The molecule has 0 bridgehead atoms. The Kier molecular flexibility index (Phi) is 5.57. The van der Waals surface area contributed by atoms with Crippen LogP contribution in [0.3, 0.4) is 0 Å². The molecule has 6 heteroatoms. The van der Waals surface area contributed by atoms with Crippen molar-refractivity contribution in [2.24, 2.45) is 16.7 Å². The Labute approximate surface area is 130 Å². The number of fused-ring (bicyclic) bond motifs is 1. The summed E-state index contributed by atoms with van der Waals surface area (Å²) in [6, 6.07) is 12.2. The fraction of sp³-hybridized carbons (Fsp3) is 0.312. The molecule has 0 aliphatic rings. The monoisotopic (exact) mass is 301 g/mol. The minimum atomic E-state index is -0.0428. The zero-order valence-corrected chi connectivity index (χ0v) is 13.0. The maximum Gasteiger partial charge on any atom is 0.119 e. The SMILES string of the molecule is CNCCC(c1ccc2cc(OC)ccc2c1)N(N)/N=C\N. The molecular formula is C16H23N5O. The quantitative estimate of drug-likeness (QED) is 0.313. The van der Waals surface area contributed by atoms with E-state index < -0.39 is 0 Å². The molecule has 0 heterocycles. The summed E-state index contributed by atoms with van der Waals surface area (Å²) < 4.78 is 5.25. The molecule has 0 saturated carbocycles.